The molecular formula is C22H29N5O4S. The molecule has 0 radical (unpaired) electrons. The van der Waals surface area contributed by atoms with Crippen LogP contribution in [0, 0.1) is 18.3 Å². The smallest absolute Gasteiger partial charge is 0.264 e. The Labute approximate surface area is 188 Å². The number of hydrogen-bond donors (Lipinski definition) is 2. The van der Waals surface area contributed by atoms with E-state index in [4.69, 9.17) is 0 Å². The van der Waals surface area contributed by atoms with E-state index in [-0.39, 0.29) is 28.6 Å². The largest absolute Gasteiger partial charge is 0.342 e. The molecule has 1 aromatic heterocycles. The van der Waals surface area contributed by atoms with E-state index in [1.807, 2.05) is 25.7 Å². The second kappa shape index (κ2) is 9.23. The first-order valence-electron chi connectivity index (χ1n) is 10.5. The van der Waals surface area contributed by atoms with E-state index < -0.39 is 15.4 Å². The van der Waals surface area contributed by atoms with Gasteiger partial charge in [-0.1, -0.05) is 20.8 Å². The third-order valence-electron chi connectivity index (χ3n) is 5.25. The van der Waals surface area contributed by atoms with Crippen LogP contribution in [0.2, 0.25) is 0 Å². The van der Waals surface area contributed by atoms with Gasteiger partial charge in [-0.15, -0.1) is 0 Å². The minimum atomic E-state index is -3.85. The minimum Gasteiger partial charge on any atom is -0.342 e. The summed E-state index contributed by atoms with van der Waals surface area (Å²) in [7, 11) is -3.85. The van der Waals surface area contributed by atoms with Crippen molar-refractivity contribution in [2.75, 3.05) is 23.1 Å². The molecule has 0 spiro atoms. The molecule has 0 aliphatic carbocycles. The van der Waals surface area contributed by atoms with Crippen molar-refractivity contribution in [3.63, 3.8) is 0 Å². The first kappa shape index (κ1) is 23.6. The molecule has 1 aliphatic heterocycles. The lowest BCUT2D eigenvalue weighted by molar-refractivity contribution is -0.142. The lowest BCUT2D eigenvalue weighted by Gasteiger charge is -2.35. The van der Waals surface area contributed by atoms with Crippen molar-refractivity contribution in [2.45, 2.75) is 45.4 Å². The summed E-state index contributed by atoms with van der Waals surface area (Å²) in [6, 6.07) is 7.59. The number of sulfonamides is 1. The Balaban J connectivity index is 1.57. The molecule has 32 heavy (non-hydrogen) atoms. The highest BCUT2D eigenvalue weighted by atomic mass is 32.2. The highest BCUT2D eigenvalue weighted by Gasteiger charge is 2.32. The fourth-order valence-electron chi connectivity index (χ4n) is 3.46. The Morgan fingerprint density at radius 1 is 1.06 bits per heavy atom. The molecule has 9 nitrogen and oxygen atoms in total. The van der Waals surface area contributed by atoms with Gasteiger partial charge in [0.2, 0.25) is 17.8 Å². The average Bonchev–Trinajstić information content (AvgIpc) is 2.73. The SMILES string of the molecule is Cc1ccnc(NS(=O)(=O)c2ccc(NC(=O)C3CCN(C(=O)C(C)(C)C)CC3)cc2)n1. The van der Waals surface area contributed by atoms with E-state index in [1.54, 1.807) is 25.1 Å². The molecule has 2 N–H and O–H groups in total. The number of aryl methyl sites for hydroxylation is 1. The summed E-state index contributed by atoms with van der Waals surface area (Å²) in [5.41, 5.74) is 0.718. The van der Waals surface area contributed by atoms with Gasteiger partial charge in [0.1, 0.15) is 0 Å². The summed E-state index contributed by atoms with van der Waals surface area (Å²) in [5.74, 6) is -0.228. The highest BCUT2D eigenvalue weighted by Crippen LogP contribution is 2.25. The predicted molar refractivity (Wildman–Crippen MR) is 121 cm³/mol. The zero-order valence-electron chi connectivity index (χ0n) is 18.8. The van der Waals surface area contributed by atoms with Gasteiger partial charge in [0.15, 0.2) is 0 Å². The Morgan fingerprint density at radius 2 is 1.69 bits per heavy atom. The van der Waals surface area contributed by atoms with Gasteiger partial charge >= 0.3 is 0 Å². The Morgan fingerprint density at radius 3 is 2.25 bits per heavy atom. The minimum absolute atomic E-state index is 0.00124. The summed E-state index contributed by atoms with van der Waals surface area (Å²) in [6.07, 6.45) is 2.67. The number of likely N-dealkylation sites (tertiary alicyclic amines) is 1. The summed E-state index contributed by atoms with van der Waals surface area (Å²) < 4.78 is 27.4. The molecule has 1 saturated heterocycles. The highest BCUT2D eigenvalue weighted by molar-refractivity contribution is 7.92. The molecule has 2 aromatic rings. The molecule has 2 heterocycles. The van der Waals surface area contributed by atoms with Crippen molar-refractivity contribution >= 4 is 33.5 Å². The Hall–Kier alpha value is -3.01. The van der Waals surface area contributed by atoms with Crippen LogP contribution in [0.3, 0.4) is 0 Å². The van der Waals surface area contributed by atoms with E-state index in [1.165, 1.54) is 18.3 Å². The molecule has 0 saturated carbocycles. The third-order valence-corrected chi connectivity index (χ3v) is 6.59. The molecular weight excluding hydrogens is 430 g/mol. The number of nitrogens with one attached hydrogen (secondary N) is 2. The van der Waals surface area contributed by atoms with Gasteiger partial charge < -0.3 is 10.2 Å². The van der Waals surface area contributed by atoms with Gasteiger partial charge in [-0.3, -0.25) is 9.59 Å². The summed E-state index contributed by atoms with van der Waals surface area (Å²) >= 11 is 0. The van der Waals surface area contributed by atoms with Crippen LogP contribution in [0.15, 0.2) is 41.4 Å². The van der Waals surface area contributed by atoms with Crippen LogP contribution >= 0.6 is 0 Å². The zero-order chi connectivity index (χ0) is 23.5. The van der Waals surface area contributed by atoms with Crippen molar-refractivity contribution in [2.24, 2.45) is 11.3 Å². The first-order valence-corrected chi connectivity index (χ1v) is 12.0. The number of carbonyl (C=O) groups is 2. The standard InChI is InChI=1S/C22H29N5O4S/c1-15-9-12-23-21(24-15)26-32(30,31)18-7-5-17(6-8-18)25-19(28)16-10-13-27(14-11-16)20(29)22(2,3)4/h5-9,12,16H,10-11,13-14H2,1-4H3,(H,25,28)(H,23,24,26). The lowest BCUT2D eigenvalue weighted by Crippen LogP contribution is -2.45. The van der Waals surface area contributed by atoms with Crippen LogP contribution in [-0.2, 0) is 19.6 Å². The maximum Gasteiger partial charge on any atom is 0.264 e. The molecule has 0 atom stereocenters. The molecule has 0 unspecified atom stereocenters. The van der Waals surface area contributed by atoms with Crippen molar-refractivity contribution in [1.82, 2.24) is 14.9 Å². The third kappa shape index (κ3) is 5.82. The molecule has 172 valence electrons. The maximum absolute atomic E-state index is 12.6. The molecule has 3 rings (SSSR count). The average molecular weight is 460 g/mol. The zero-order valence-corrected chi connectivity index (χ0v) is 19.6. The fraction of sp³-hybridized carbons (Fsp3) is 0.455. The van der Waals surface area contributed by atoms with E-state index in [0.717, 1.165) is 0 Å². The van der Waals surface area contributed by atoms with Gasteiger partial charge in [0, 0.05) is 42.0 Å². The van der Waals surface area contributed by atoms with Gasteiger partial charge in [-0.05, 0) is 50.1 Å². The van der Waals surface area contributed by atoms with E-state index in [2.05, 4.69) is 20.0 Å². The number of piperidine rings is 1. The van der Waals surface area contributed by atoms with Gasteiger partial charge in [0.25, 0.3) is 10.0 Å². The topological polar surface area (TPSA) is 121 Å². The van der Waals surface area contributed by atoms with Crippen LogP contribution in [0.5, 0.6) is 0 Å². The normalized spacial score (nSPS) is 15.3. The van der Waals surface area contributed by atoms with Gasteiger partial charge in [-0.25, -0.2) is 23.1 Å². The quantitative estimate of drug-likeness (QED) is 0.709. The molecule has 10 heteroatoms. The summed E-state index contributed by atoms with van der Waals surface area (Å²) in [6.45, 7) is 8.52. The van der Waals surface area contributed by atoms with Gasteiger partial charge in [-0.2, -0.15) is 0 Å². The van der Waals surface area contributed by atoms with Crippen molar-refractivity contribution < 1.29 is 18.0 Å². The van der Waals surface area contributed by atoms with Crippen molar-refractivity contribution in [3.8, 4) is 0 Å². The predicted octanol–water partition coefficient (Wildman–Crippen LogP) is 2.81. The molecule has 2 amide bonds. The molecule has 1 aliphatic rings. The second-order valence-electron chi connectivity index (χ2n) is 8.96. The van der Waals surface area contributed by atoms with Crippen LogP contribution in [0.25, 0.3) is 0 Å². The van der Waals surface area contributed by atoms with Crippen molar-refractivity contribution in [1.29, 1.82) is 0 Å². The Bertz CT molecular complexity index is 1090. The number of nitrogens with zero attached hydrogens (tertiary/aromatic N) is 3. The Kier molecular flexibility index (Phi) is 6.82. The molecule has 1 aromatic carbocycles. The van der Waals surface area contributed by atoms with E-state index in [0.29, 0.717) is 37.3 Å². The monoisotopic (exact) mass is 459 g/mol. The van der Waals surface area contributed by atoms with Crippen molar-refractivity contribution in [3.05, 3.63) is 42.2 Å². The number of benzene rings is 1. The molecule has 1 fully saturated rings. The number of hydrogen-bond acceptors (Lipinski definition) is 6. The number of anilines is 2. The number of amides is 2. The molecule has 0 bridgehead atoms. The first-order chi connectivity index (χ1) is 15.0. The van der Waals surface area contributed by atoms with Crippen LogP contribution < -0.4 is 10.0 Å². The maximum atomic E-state index is 12.6. The van der Waals surface area contributed by atoms with Crippen LogP contribution in [0.4, 0.5) is 11.6 Å². The number of aromatic nitrogens is 2. The lowest BCUT2D eigenvalue weighted by atomic mass is 9.90. The van der Waals surface area contributed by atoms with E-state index >= 15 is 0 Å². The number of rotatable bonds is 5. The number of carbonyl (C=O) groups excluding carboxylic acids is 2. The fourth-order valence-corrected chi connectivity index (χ4v) is 4.41. The van der Waals surface area contributed by atoms with Gasteiger partial charge in [0.05, 0.1) is 4.90 Å². The summed E-state index contributed by atoms with van der Waals surface area (Å²) in [5, 5.41) is 2.84. The van der Waals surface area contributed by atoms with Crippen LogP contribution in [-0.4, -0.2) is 48.2 Å². The summed E-state index contributed by atoms with van der Waals surface area (Å²) in [4.78, 5) is 34.8. The second-order valence-corrected chi connectivity index (χ2v) is 10.6. The van der Waals surface area contributed by atoms with E-state index in [9.17, 15) is 18.0 Å². The van der Waals surface area contributed by atoms with Crippen LogP contribution in [0.1, 0.15) is 39.3 Å².